The maximum absolute atomic E-state index is 12.5. The summed E-state index contributed by atoms with van der Waals surface area (Å²) in [5.41, 5.74) is -0.393. The predicted molar refractivity (Wildman–Crippen MR) is 84.6 cm³/mol. The first kappa shape index (κ1) is 17.6. The van der Waals surface area contributed by atoms with Gasteiger partial charge in [0.05, 0.1) is 5.75 Å². The number of aromatic nitrogens is 2. The van der Waals surface area contributed by atoms with Gasteiger partial charge in [-0.15, -0.1) is 11.8 Å². The zero-order valence-electron chi connectivity index (χ0n) is 11.9. The third kappa shape index (κ3) is 5.43. The standard InChI is InChI=1S/C14H12F3N3OS2/c1-22-10-4-2-3-9(7-10)19-12(21)8-23-13-18-6-5-11(20-13)14(15,16)17/h2-7H,8H2,1H3,(H,19,21). The Bertz CT molecular complexity index is 695. The van der Waals surface area contributed by atoms with Gasteiger partial charge in [0, 0.05) is 16.8 Å². The Labute approximate surface area is 139 Å². The van der Waals surface area contributed by atoms with Crippen LogP contribution in [0.4, 0.5) is 18.9 Å². The molecule has 0 saturated carbocycles. The molecule has 4 nitrogen and oxygen atoms in total. The van der Waals surface area contributed by atoms with Crippen LogP contribution in [0.15, 0.2) is 46.6 Å². The summed E-state index contributed by atoms with van der Waals surface area (Å²) in [4.78, 5) is 20.0. The fourth-order valence-corrected chi connectivity index (χ4v) is 2.69. The van der Waals surface area contributed by atoms with E-state index in [9.17, 15) is 18.0 Å². The van der Waals surface area contributed by atoms with Crippen LogP contribution in [-0.2, 0) is 11.0 Å². The summed E-state index contributed by atoms with van der Waals surface area (Å²) in [6, 6.07) is 8.06. The van der Waals surface area contributed by atoms with E-state index in [1.807, 2.05) is 24.5 Å². The number of hydrogen-bond acceptors (Lipinski definition) is 5. The molecule has 1 heterocycles. The van der Waals surface area contributed by atoms with Crippen LogP contribution < -0.4 is 5.32 Å². The molecule has 2 aromatic rings. The van der Waals surface area contributed by atoms with E-state index in [2.05, 4.69) is 15.3 Å². The molecular weight excluding hydrogens is 347 g/mol. The number of amides is 1. The van der Waals surface area contributed by atoms with Crippen LogP contribution in [0.5, 0.6) is 0 Å². The molecule has 1 aromatic heterocycles. The highest BCUT2D eigenvalue weighted by atomic mass is 32.2. The molecule has 0 fully saturated rings. The van der Waals surface area contributed by atoms with Crippen LogP contribution in [0.25, 0.3) is 0 Å². The van der Waals surface area contributed by atoms with E-state index in [1.165, 1.54) is 0 Å². The van der Waals surface area contributed by atoms with Gasteiger partial charge in [0.25, 0.3) is 0 Å². The third-order valence-corrected chi connectivity index (χ3v) is 4.20. The van der Waals surface area contributed by atoms with Crippen LogP contribution in [0.2, 0.25) is 0 Å². The van der Waals surface area contributed by atoms with Crippen molar-refractivity contribution in [3.05, 3.63) is 42.2 Å². The van der Waals surface area contributed by atoms with Crippen molar-refractivity contribution in [2.75, 3.05) is 17.3 Å². The van der Waals surface area contributed by atoms with Crippen molar-refractivity contribution >= 4 is 35.1 Å². The number of halogens is 3. The van der Waals surface area contributed by atoms with Gasteiger partial charge in [-0.2, -0.15) is 13.2 Å². The van der Waals surface area contributed by atoms with Crippen molar-refractivity contribution < 1.29 is 18.0 Å². The number of carbonyl (C=O) groups is 1. The van der Waals surface area contributed by atoms with Gasteiger partial charge in [0.2, 0.25) is 5.91 Å². The second-order valence-electron chi connectivity index (χ2n) is 4.29. The fraction of sp³-hybridized carbons (Fsp3) is 0.214. The molecule has 0 aliphatic rings. The maximum atomic E-state index is 12.5. The third-order valence-electron chi connectivity index (χ3n) is 2.61. The molecule has 0 unspecified atom stereocenters. The molecule has 122 valence electrons. The summed E-state index contributed by atoms with van der Waals surface area (Å²) in [5, 5.41) is 2.59. The van der Waals surface area contributed by atoms with Crippen LogP contribution in [0.3, 0.4) is 0 Å². The molecule has 0 radical (unpaired) electrons. The first-order valence-electron chi connectivity index (χ1n) is 6.35. The highest BCUT2D eigenvalue weighted by Crippen LogP contribution is 2.28. The molecule has 9 heteroatoms. The molecule has 1 N–H and O–H groups in total. The molecule has 0 spiro atoms. The fourth-order valence-electron chi connectivity index (χ4n) is 1.60. The van der Waals surface area contributed by atoms with Crippen molar-refractivity contribution in [3.63, 3.8) is 0 Å². The van der Waals surface area contributed by atoms with Crippen molar-refractivity contribution in [1.29, 1.82) is 0 Å². The van der Waals surface area contributed by atoms with Crippen LogP contribution >= 0.6 is 23.5 Å². The zero-order chi connectivity index (χ0) is 16.9. The monoisotopic (exact) mass is 359 g/mol. The van der Waals surface area contributed by atoms with Gasteiger partial charge in [-0.3, -0.25) is 4.79 Å². The molecule has 0 saturated heterocycles. The van der Waals surface area contributed by atoms with Crippen LogP contribution in [-0.4, -0.2) is 27.9 Å². The Hall–Kier alpha value is -1.74. The lowest BCUT2D eigenvalue weighted by Crippen LogP contribution is -2.15. The molecule has 1 aromatic carbocycles. The molecule has 0 aliphatic carbocycles. The van der Waals surface area contributed by atoms with Gasteiger partial charge < -0.3 is 5.32 Å². The number of carbonyl (C=O) groups excluding carboxylic acids is 1. The normalized spacial score (nSPS) is 11.3. The lowest BCUT2D eigenvalue weighted by Gasteiger charge is -2.07. The number of alkyl halides is 3. The molecular formula is C14H12F3N3OS2. The largest absolute Gasteiger partial charge is 0.433 e. The zero-order valence-corrected chi connectivity index (χ0v) is 13.6. The Balaban J connectivity index is 1.94. The van der Waals surface area contributed by atoms with Gasteiger partial charge >= 0.3 is 6.18 Å². The van der Waals surface area contributed by atoms with Crippen LogP contribution in [0, 0.1) is 0 Å². The minimum absolute atomic E-state index is 0.0786. The SMILES string of the molecule is CSc1cccc(NC(=O)CSc2nccc(C(F)(F)F)n2)c1. The van der Waals surface area contributed by atoms with Gasteiger partial charge in [0.1, 0.15) is 5.69 Å². The van der Waals surface area contributed by atoms with Gasteiger partial charge in [-0.05, 0) is 30.5 Å². The number of nitrogens with zero attached hydrogens (tertiary/aromatic N) is 2. The molecule has 0 aliphatic heterocycles. The smallest absolute Gasteiger partial charge is 0.325 e. The predicted octanol–water partition coefficient (Wildman–Crippen LogP) is 3.95. The highest BCUT2D eigenvalue weighted by molar-refractivity contribution is 7.99. The number of hydrogen-bond donors (Lipinski definition) is 1. The topological polar surface area (TPSA) is 54.9 Å². The van der Waals surface area contributed by atoms with E-state index in [4.69, 9.17) is 0 Å². The van der Waals surface area contributed by atoms with Gasteiger partial charge in [-0.25, -0.2) is 9.97 Å². The molecule has 2 rings (SSSR count). The Morgan fingerprint density at radius 1 is 1.30 bits per heavy atom. The maximum Gasteiger partial charge on any atom is 0.433 e. The van der Waals surface area contributed by atoms with Crippen molar-refractivity contribution in [2.24, 2.45) is 0 Å². The second-order valence-corrected chi connectivity index (χ2v) is 6.11. The van der Waals surface area contributed by atoms with Crippen molar-refractivity contribution in [1.82, 2.24) is 9.97 Å². The first-order chi connectivity index (χ1) is 10.9. The van der Waals surface area contributed by atoms with Crippen molar-refractivity contribution in [2.45, 2.75) is 16.2 Å². The molecule has 0 bridgehead atoms. The number of rotatable bonds is 5. The van der Waals surface area contributed by atoms with E-state index >= 15 is 0 Å². The number of thioether (sulfide) groups is 2. The summed E-state index contributed by atoms with van der Waals surface area (Å²) in [6.07, 6.45) is -1.58. The van der Waals surface area contributed by atoms with E-state index in [1.54, 1.807) is 17.8 Å². The van der Waals surface area contributed by atoms with E-state index in [-0.39, 0.29) is 16.8 Å². The highest BCUT2D eigenvalue weighted by Gasteiger charge is 2.32. The Morgan fingerprint density at radius 3 is 2.78 bits per heavy atom. The second kappa shape index (κ2) is 7.69. The summed E-state index contributed by atoms with van der Waals surface area (Å²) >= 11 is 2.39. The van der Waals surface area contributed by atoms with Crippen molar-refractivity contribution in [3.8, 4) is 0 Å². The number of anilines is 1. The lowest BCUT2D eigenvalue weighted by molar-refractivity contribution is -0.141. The number of benzene rings is 1. The molecule has 1 amide bonds. The molecule has 0 atom stereocenters. The summed E-state index contributed by atoms with van der Waals surface area (Å²) in [7, 11) is 0. The Morgan fingerprint density at radius 2 is 2.09 bits per heavy atom. The number of nitrogens with one attached hydrogen (secondary N) is 1. The summed E-state index contributed by atoms with van der Waals surface area (Å²) in [6.45, 7) is 0. The summed E-state index contributed by atoms with van der Waals surface area (Å²) in [5.74, 6) is -0.417. The van der Waals surface area contributed by atoms with E-state index in [0.717, 1.165) is 28.9 Å². The quantitative estimate of drug-likeness (QED) is 0.647. The summed E-state index contributed by atoms with van der Waals surface area (Å²) < 4.78 is 37.6. The first-order valence-corrected chi connectivity index (χ1v) is 8.56. The molecule has 23 heavy (non-hydrogen) atoms. The van der Waals surface area contributed by atoms with E-state index in [0.29, 0.717) is 5.69 Å². The van der Waals surface area contributed by atoms with E-state index < -0.39 is 11.9 Å². The van der Waals surface area contributed by atoms with Gasteiger partial charge in [0.15, 0.2) is 5.16 Å². The lowest BCUT2D eigenvalue weighted by atomic mass is 10.3. The average Bonchev–Trinajstić information content (AvgIpc) is 2.52. The minimum atomic E-state index is -4.53. The Kier molecular flexibility index (Phi) is 5.89. The minimum Gasteiger partial charge on any atom is -0.325 e. The average molecular weight is 359 g/mol. The van der Waals surface area contributed by atoms with Crippen LogP contribution in [0.1, 0.15) is 5.69 Å². The van der Waals surface area contributed by atoms with Gasteiger partial charge in [-0.1, -0.05) is 17.8 Å².